The van der Waals surface area contributed by atoms with Crippen LogP contribution in [0.2, 0.25) is 0 Å². The molecule has 2 nitrogen and oxygen atoms in total. The van der Waals surface area contributed by atoms with Crippen LogP contribution in [0.3, 0.4) is 0 Å². The fraction of sp³-hybridized carbons (Fsp3) is 0.143. The Balaban J connectivity index is 2.37. The first-order chi connectivity index (χ1) is 7.81. The molecule has 0 amide bonds. The van der Waals surface area contributed by atoms with E-state index in [9.17, 15) is 0 Å². The maximum absolute atomic E-state index is 5.64. The fourth-order valence-electron chi connectivity index (χ4n) is 1.88. The van der Waals surface area contributed by atoms with Crippen molar-refractivity contribution in [3.8, 4) is 0 Å². The predicted octanol–water partition coefficient (Wildman–Crippen LogP) is 2.55. The molecule has 0 aliphatic carbocycles. The van der Waals surface area contributed by atoms with Gasteiger partial charge in [0.05, 0.1) is 6.04 Å². The number of nitrogens with two attached hydrogens (primary N) is 1. The third-order valence-electron chi connectivity index (χ3n) is 2.68. The Morgan fingerprint density at radius 1 is 0.938 bits per heavy atom. The highest BCUT2D eigenvalue weighted by Gasteiger charge is 2.11. The number of nitrogens with one attached hydrogen (secondary N) is 1. The molecule has 0 fully saturated rings. The maximum atomic E-state index is 5.64. The zero-order chi connectivity index (χ0) is 11.4. The molecule has 0 heterocycles. The minimum atomic E-state index is 0.0566. The van der Waals surface area contributed by atoms with Crippen LogP contribution in [-0.2, 0) is 0 Å². The van der Waals surface area contributed by atoms with Crippen molar-refractivity contribution < 1.29 is 0 Å². The molecule has 0 spiro atoms. The normalized spacial score (nSPS) is 12.4. The van der Waals surface area contributed by atoms with Crippen LogP contribution in [0.1, 0.15) is 22.7 Å². The molecule has 0 aromatic heterocycles. The smallest absolute Gasteiger partial charge is 0.0710 e. The zero-order valence-corrected chi connectivity index (χ0v) is 9.35. The van der Waals surface area contributed by atoms with Crippen molar-refractivity contribution in [3.05, 3.63) is 71.3 Å². The first-order valence-electron chi connectivity index (χ1n) is 5.39. The van der Waals surface area contributed by atoms with Crippen LogP contribution >= 0.6 is 0 Å². The van der Waals surface area contributed by atoms with E-state index in [0.717, 1.165) is 0 Å². The van der Waals surface area contributed by atoms with Crippen molar-refractivity contribution in [2.24, 2.45) is 5.84 Å². The van der Waals surface area contributed by atoms with Crippen molar-refractivity contribution in [1.82, 2.24) is 5.43 Å². The Morgan fingerprint density at radius 3 is 2.25 bits per heavy atom. The number of benzene rings is 2. The van der Waals surface area contributed by atoms with Gasteiger partial charge >= 0.3 is 0 Å². The summed E-state index contributed by atoms with van der Waals surface area (Å²) in [5, 5.41) is 0. The lowest BCUT2D eigenvalue weighted by Crippen LogP contribution is -2.28. The van der Waals surface area contributed by atoms with E-state index in [0.29, 0.717) is 0 Å². The van der Waals surface area contributed by atoms with Gasteiger partial charge in [0.2, 0.25) is 0 Å². The molecule has 2 aromatic rings. The third kappa shape index (κ3) is 2.30. The van der Waals surface area contributed by atoms with Gasteiger partial charge in [0.25, 0.3) is 0 Å². The highest BCUT2D eigenvalue weighted by Crippen LogP contribution is 2.21. The van der Waals surface area contributed by atoms with Gasteiger partial charge in [-0.2, -0.15) is 0 Å². The van der Waals surface area contributed by atoms with Crippen molar-refractivity contribution >= 4 is 0 Å². The van der Waals surface area contributed by atoms with Crippen LogP contribution in [0, 0.1) is 6.92 Å². The Hall–Kier alpha value is -1.64. The maximum Gasteiger partial charge on any atom is 0.0710 e. The average Bonchev–Trinajstić information content (AvgIpc) is 2.31. The van der Waals surface area contributed by atoms with Crippen molar-refractivity contribution in [1.29, 1.82) is 0 Å². The first kappa shape index (κ1) is 10.9. The molecule has 16 heavy (non-hydrogen) atoms. The van der Waals surface area contributed by atoms with E-state index >= 15 is 0 Å². The predicted molar refractivity (Wildman–Crippen MR) is 66.8 cm³/mol. The number of hydrogen-bond acceptors (Lipinski definition) is 2. The lowest BCUT2D eigenvalue weighted by atomic mass is 9.98. The van der Waals surface area contributed by atoms with Gasteiger partial charge in [0, 0.05) is 0 Å². The summed E-state index contributed by atoms with van der Waals surface area (Å²) >= 11 is 0. The zero-order valence-electron chi connectivity index (χ0n) is 9.35. The number of rotatable bonds is 3. The molecule has 2 heteroatoms. The van der Waals surface area contributed by atoms with Gasteiger partial charge in [-0.1, -0.05) is 60.2 Å². The molecule has 2 aromatic carbocycles. The molecule has 0 radical (unpaired) electrons. The van der Waals surface area contributed by atoms with E-state index in [1.54, 1.807) is 0 Å². The van der Waals surface area contributed by atoms with Crippen LogP contribution < -0.4 is 11.3 Å². The number of aryl methyl sites for hydroxylation is 1. The Morgan fingerprint density at radius 2 is 1.62 bits per heavy atom. The summed E-state index contributed by atoms with van der Waals surface area (Å²) < 4.78 is 0. The third-order valence-corrected chi connectivity index (χ3v) is 2.68. The van der Waals surface area contributed by atoms with Crippen LogP contribution in [0.4, 0.5) is 0 Å². The second kappa shape index (κ2) is 4.92. The standard InChI is InChI=1S/C14H16N2/c1-11-6-5-9-13(10-11)14(16-15)12-7-3-2-4-8-12/h2-10,14,16H,15H2,1H3/t14-/m1/s1. The molecule has 0 unspecified atom stereocenters. The van der Waals surface area contributed by atoms with E-state index in [1.807, 2.05) is 18.2 Å². The van der Waals surface area contributed by atoms with Crippen molar-refractivity contribution in [2.45, 2.75) is 13.0 Å². The minimum absolute atomic E-state index is 0.0566. The van der Waals surface area contributed by atoms with E-state index in [2.05, 4.69) is 48.7 Å². The summed E-state index contributed by atoms with van der Waals surface area (Å²) in [6.07, 6.45) is 0. The molecule has 82 valence electrons. The minimum Gasteiger partial charge on any atom is -0.271 e. The van der Waals surface area contributed by atoms with Crippen LogP contribution in [0.5, 0.6) is 0 Å². The molecule has 3 N–H and O–H groups in total. The summed E-state index contributed by atoms with van der Waals surface area (Å²) in [6, 6.07) is 18.6. The fourth-order valence-corrected chi connectivity index (χ4v) is 1.88. The van der Waals surface area contributed by atoms with E-state index in [1.165, 1.54) is 16.7 Å². The molecular formula is C14H16N2. The summed E-state index contributed by atoms with van der Waals surface area (Å²) in [6.45, 7) is 2.09. The van der Waals surface area contributed by atoms with Crippen LogP contribution in [0.15, 0.2) is 54.6 Å². The Labute approximate surface area is 96.1 Å². The second-order valence-corrected chi connectivity index (χ2v) is 3.92. The monoisotopic (exact) mass is 212 g/mol. The molecule has 0 bridgehead atoms. The van der Waals surface area contributed by atoms with E-state index in [4.69, 9.17) is 5.84 Å². The quantitative estimate of drug-likeness (QED) is 0.606. The largest absolute Gasteiger partial charge is 0.271 e. The van der Waals surface area contributed by atoms with Gasteiger partial charge in [-0.25, -0.2) is 5.43 Å². The summed E-state index contributed by atoms with van der Waals surface area (Å²) in [5.74, 6) is 5.64. The van der Waals surface area contributed by atoms with E-state index in [-0.39, 0.29) is 6.04 Å². The van der Waals surface area contributed by atoms with Gasteiger partial charge in [-0.15, -0.1) is 0 Å². The SMILES string of the molecule is Cc1cccc([C@H](NN)c2ccccc2)c1. The highest BCUT2D eigenvalue weighted by atomic mass is 15.2. The Bertz CT molecular complexity index is 451. The van der Waals surface area contributed by atoms with Crippen LogP contribution in [0.25, 0.3) is 0 Å². The average molecular weight is 212 g/mol. The van der Waals surface area contributed by atoms with Crippen LogP contribution in [-0.4, -0.2) is 0 Å². The Kier molecular flexibility index (Phi) is 3.34. The van der Waals surface area contributed by atoms with Gasteiger partial charge in [-0.05, 0) is 18.1 Å². The molecule has 0 aliphatic heterocycles. The van der Waals surface area contributed by atoms with Crippen molar-refractivity contribution in [3.63, 3.8) is 0 Å². The topological polar surface area (TPSA) is 38.0 Å². The van der Waals surface area contributed by atoms with Gasteiger partial charge < -0.3 is 0 Å². The van der Waals surface area contributed by atoms with E-state index < -0.39 is 0 Å². The first-order valence-corrected chi connectivity index (χ1v) is 5.39. The highest BCUT2D eigenvalue weighted by molar-refractivity contribution is 5.33. The van der Waals surface area contributed by atoms with Crippen molar-refractivity contribution in [2.75, 3.05) is 0 Å². The molecular weight excluding hydrogens is 196 g/mol. The lowest BCUT2D eigenvalue weighted by molar-refractivity contribution is 0.636. The molecule has 1 atom stereocenters. The molecule has 2 rings (SSSR count). The summed E-state index contributed by atoms with van der Waals surface area (Å²) in [5.41, 5.74) is 6.47. The van der Waals surface area contributed by atoms with Gasteiger partial charge in [0.15, 0.2) is 0 Å². The second-order valence-electron chi connectivity index (χ2n) is 3.92. The van der Waals surface area contributed by atoms with Gasteiger partial charge in [-0.3, -0.25) is 5.84 Å². The summed E-state index contributed by atoms with van der Waals surface area (Å²) in [4.78, 5) is 0. The van der Waals surface area contributed by atoms with Gasteiger partial charge in [0.1, 0.15) is 0 Å². The number of hydrogen-bond donors (Lipinski definition) is 2. The lowest BCUT2D eigenvalue weighted by Gasteiger charge is -2.17. The number of hydrazine groups is 1. The summed E-state index contributed by atoms with van der Waals surface area (Å²) in [7, 11) is 0. The molecule has 0 saturated carbocycles. The molecule has 0 saturated heterocycles. The molecule has 0 aliphatic rings.